The summed E-state index contributed by atoms with van der Waals surface area (Å²) in [4.78, 5) is 24.0. The molecule has 0 aromatic rings. The average Bonchev–Trinajstić information content (AvgIpc) is 2.79. The van der Waals surface area contributed by atoms with Crippen LogP contribution in [0.4, 0.5) is 0 Å². The fourth-order valence-corrected chi connectivity index (χ4v) is 3.93. The van der Waals surface area contributed by atoms with Gasteiger partial charge >= 0.3 is 5.97 Å². The number of allylic oxidation sites excluding steroid dienone is 7. The third-order valence-corrected chi connectivity index (χ3v) is 6.36. The van der Waals surface area contributed by atoms with E-state index in [0.717, 1.165) is 31.3 Å². The van der Waals surface area contributed by atoms with E-state index in [0.29, 0.717) is 5.92 Å². The van der Waals surface area contributed by atoms with Gasteiger partial charge in [-0.25, -0.2) is 4.79 Å². The van der Waals surface area contributed by atoms with Gasteiger partial charge in [-0.2, -0.15) is 0 Å². The van der Waals surface area contributed by atoms with E-state index in [1.807, 2.05) is 52.8 Å². The zero-order valence-corrected chi connectivity index (χ0v) is 21.6. The molecule has 0 saturated heterocycles. The highest BCUT2D eigenvalue weighted by atomic mass is 16.5. The minimum atomic E-state index is -0.592. The van der Waals surface area contributed by atoms with Crippen LogP contribution in [0.5, 0.6) is 0 Å². The second-order valence-electron chi connectivity index (χ2n) is 9.45. The number of aliphatic hydroxyl groups excluding tert-OH is 1. The van der Waals surface area contributed by atoms with Crippen LogP contribution in [0.3, 0.4) is 0 Å². The summed E-state index contributed by atoms with van der Waals surface area (Å²) >= 11 is 0. The molecule has 0 fully saturated rings. The number of hydrogen-bond donors (Lipinski definition) is 1. The summed E-state index contributed by atoms with van der Waals surface area (Å²) in [5, 5.41) is 10.4. The highest BCUT2D eigenvalue weighted by molar-refractivity contribution is 5.85. The van der Waals surface area contributed by atoms with Crippen LogP contribution in [0.15, 0.2) is 59.8 Å². The molecule has 5 unspecified atom stereocenters. The number of rotatable bonds is 13. The first-order valence-electron chi connectivity index (χ1n) is 12.4. The molecular weight excluding hydrogens is 412 g/mol. The number of cyclic esters (lactones) is 1. The van der Waals surface area contributed by atoms with Crippen molar-refractivity contribution in [2.75, 3.05) is 0 Å². The lowest BCUT2D eigenvalue weighted by atomic mass is 9.84. The number of ether oxygens (including phenoxy) is 1. The topological polar surface area (TPSA) is 63.6 Å². The highest BCUT2D eigenvalue weighted by Crippen LogP contribution is 2.21. The Balaban J connectivity index is 2.63. The maximum atomic E-state index is 12.7. The first kappa shape index (κ1) is 28.8. The van der Waals surface area contributed by atoms with Crippen molar-refractivity contribution in [3.05, 3.63) is 59.8 Å². The third kappa shape index (κ3) is 10.5. The molecular formula is C29H44O4. The standard InChI is InChI=1S/C29H44O4/c1-8-22(5)28(31)24(7)29(32)23(6)18-20(3)12-10-13-21(4)19-25(9-2)16-17-26-14-11-15-27(30)33-26/h10-12,15-19,21-24,26,28,31H,8-9,13-14H2,1-7H3/b12-10+,17-16+,20-18+,25-19-/t21?,22?,23?,24?,26?,28-/m1/s1. The molecule has 0 radical (unpaired) electrons. The lowest BCUT2D eigenvalue weighted by Crippen LogP contribution is -2.33. The molecule has 0 amide bonds. The van der Waals surface area contributed by atoms with Gasteiger partial charge in [0.2, 0.25) is 0 Å². The molecule has 0 aliphatic carbocycles. The summed E-state index contributed by atoms with van der Waals surface area (Å²) in [7, 11) is 0. The molecule has 0 spiro atoms. The summed E-state index contributed by atoms with van der Waals surface area (Å²) in [6.45, 7) is 14.1. The quantitative estimate of drug-likeness (QED) is 0.253. The molecule has 1 aliphatic rings. The van der Waals surface area contributed by atoms with E-state index in [4.69, 9.17) is 4.74 Å². The molecule has 0 aromatic carbocycles. The molecule has 33 heavy (non-hydrogen) atoms. The van der Waals surface area contributed by atoms with E-state index in [1.54, 1.807) is 0 Å². The second-order valence-corrected chi connectivity index (χ2v) is 9.45. The van der Waals surface area contributed by atoms with Crippen molar-refractivity contribution >= 4 is 11.8 Å². The molecule has 184 valence electrons. The Morgan fingerprint density at radius 1 is 1.18 bits per heavy atom. The summed E-state index contributed by atoms with van der Waals surface area (Å²) in [6, 6.07) is 0. The van der Waals surface area contributed by atoms with Crippen molar-refractivity contribution in [1.82, 2.24) is 0 Å². The average molecular weight is 457 g/mol. The van der Waals surface area contributed by atoms with Crippen LogP contribution in [-0.4, -0.2) is 29.1 Å². The van der Waals surface area contributed by atoms with Crippen LogP contribution in [0.1, 0.15) is 74.1 Å². The predicted molar refractivity (Wildman–Crippen MR) is 137 cm³/mol. The van der Waals surface area contributed by atoms with E-state index in [-0.39, 0.29) is 35.6 Å². The minimum Gasteiger partial charge on any atom is -0.455 e. The van der Waals surface area contributed by atoms with Crippen molar-refractivity contribution in [3.63, 3.8) is 0 Å². The Kier molecular flexibility index (Phi) is 13.0. The summed E-state index contributed by atoms with van der Waals surface area (Å²) in [6.07, 6.45) is 18.4. The smallest absolute Gasteiger partial charge is 0.331 e. The van der Waals surface area contributed by atoms with E-state index in [9.17, 15) is 14.7 Å². The zero-order valence-electron chi connectivity index (χ0n) is 21.6. The molecule has 1 heterocycles. The van der Waals surface area contributed by atoms with Gasteiger partial charge in [0, 0.05) is 24.3 Å². The van der Waals surface area contributed by atoms with Gasteiger partial charge in [0.05, 0.1) is 6.10 Å². The number of hydrogen-bond acceptors (Lipinski definition) is 4. The van der Waals surface area contributed by atoms with Crippen LogP contribution in [0.2, 0.25) is 0 Å². The predicted octanol–water partition coefficient (Wildman–Crippen LogP) is 6.53. The number of aliphatic hydroxyl groups is 1. The van der Waals surface area contributed by atoms with E-state index < -0.39 is 6.10 Å². The van der Waals surface area contributed by atoms with Crippen LogP contribution in [0, 0.1) is 23.7 Å². The van der Waals surface area contributed by atoms with Gasteiger partial charge < -0.3 is 9.84 Å². The number of carbonyl (C=O) groups is 2. The largest absolute Gasteiger partial charge is 0.455 e. The Morgan fingerprint density at radius 2 is 1.88 bits per heavy atom. The molecule has 0 aromatic heterocycles. The Hall–Kier alpha value is -2.20. The molecule has 4 heteroatoms. The first-order chi connectivity index (χ1) is 15.6. The SMILES string of the molecule is CCC(=C/C(C)C/C=C/C(C)=C/C(C)C(=O)C(C)[C@H](O)C(C)CC)/C=C/C1CC=CC(=O)O1. The van der Waals surface area contributed by atoms with Gasteiger partial charge in [-0.15, -0.1) is 0 Å². The Bertz CT molecular complexity index is 783. The van der Waals surface area contributed by atoms with Gasteiger partial charge in [0.15, 0.2) is 0 Å². The number of carbonyl (C=O) groups excluding carboxylic acids is 2. The van der Waals surface area contributed by atoms with Crippen LogP contribution in [-0.2, 0) is 14.3 Å². The molecule has 0 saturated carbocycles. The Morgan fingerprint density at radius 3 is 2.48 bits per heavy atom. The Labute approximate surface area is 201 Å². The third-order valence-electron chi connectivity index (χ3n) is 6.36. The number of ketones is 1. The molecule has 6 atom stereocenters. The van der Waals surface area contributed by atoms with E-state index in [2.05, 4.69) is 38.2 Å². The van der Waals surface area contributed by atoms with E-state index in [1.165, 1.54) is 11.6 Å². The number of esters is 1. The van der Waals surface area contributed by atoms with Crippen molar-refractivity contribution in [2.45, 2.75) is 86.4 Å². The molecule has 0 bridgehead atoms. The van der Waals surface area contributed by atoms with Crippen molar-refractivity contribution in [1.29, 1.82) is 0 Å². The van der Waals surface area contributed by atoms with Crippen molar-refractivity contribution in [2.24, 2.45) is 23.7 Å². The summed E-state index contributed by atoms with van der Waals surface area (Å²) in [5.74, 6) is -0.286. The number of Topliss-reactive ketones (excluding diaryl/α,β-unsaturated/α-hetero) is 1. The summed E-state index contributed by atoms with van der Waals surface area (Å²) in [5.41, 5.74) is 2.28. The van der Waals surface area contributed by atoms with Crippen LogP contribution >= 0.6 is 0 Å². The lowest BCUT2D eigenvalue weighted by Gasteiger charge is -2.24. The normalized spacial score (nSPS) is 22.3. The second kappa shape index (κ2) is 14.8. The van der Waals surface area contributed by atoms with Gasteiger partial charge in [-0.1, -0.05) is 95.6 Å². The lowest BCUT2D eigenvalue weighted by molar-refractivity contribution is -0.141. The first-order valence-corrected chi connectivity index (χ1v) is 12.4. The van der Waals surface area contributed by atoms with E-state index >= 15 is 0 Å². The highest BCUT2D eigenvalue weighted by Gasteiger charge is 2.28. The van der Waals surface area contributed by atoms with Crippen molar-refractivity contribution in [3.8, 4) is 0 Å². The van der Waals surface area contributed by atoms with Crippen molar-refractivity contribution < 1.29 is 19.4 Å². The maximum absolute atomic E-state index is 12.7. The van der Waals surface area contributed by atoms with Crippen LogP contribution < -0.4 is 0 Å². The van der Waals surface area contributed by atoms with Gasteiger partial charge in [0.25, 0.3) is 0 Å². The molecule has 1 aliphatic heterocycles. The monoisotopic (exact) mass is 456 g/mol. The minimum absolute atomic E-state index is 0.0883. The fourth-order valence-electron chi connectivity index (χ4n) is 3.93. The fraction of sp³-hybridized carbons (Fsp3) is 0.586. The summed E-state index contributed by atoms with van der Waals surface area (Å²) < 4.78 is 5.28. The van der Waals surface area contributed by atoms with Gasteiger partial charge in [-0.3, -0.25) is 4.79 Å². The zero-order chi connectivity index (χ0) is 25.0. The van der Waals surface area contributed by atoms with Gasteiger partial charge in [0.1, 0.15) is 11.9 Å². The van der Waals surface area contributed by atoms with Crippen LogP contribution in [0.25, 0.3) is 0 Å². The maximum Gasteiger partial charge on any atom is 0.331 e. The molecule has 1 rings (SSSR count). The molecule has 4 nitrogen and oxygen atoms in total. The van der Waals surface area contributed by atoms with Gasteiger partial charge in [-0.05, 0) is 37.7 Å². The molecule has 1 N–H and O–H groups in total.